The van der Waals surface area contributed by atoms with Crippen LogP contribution in [0.15, 0.2) is 54.6 Å². The fourth-order valence-corrected chi connectivity index (χ4v) is 4.64. The van der Waals surface area contributed by atoms with Crippen molar-refractivity contribution in [1.82, 2.24) is 15.0 Å². The van der Waals surface area contributed by atoms with Crippen molar-refractivity contribution >= 4 is 38.9 Å². The Hall–Kier alpha value is -3.43. The van der Waals surface area contributed by atoms with E-state index in [0.29, 0.717) is 5.56 Å². The van der Waals surface area contributed by atoms with Crippen LogP contribution in [0.5, 0.6) is 0 Å². The Morgan fingerprint density at radius 1 is 1.16 bits per heavy atom. The number of aromatic nitrogens is 1. The summed E-state index contributed by atoms with van der Waals surface area (Å²) in [5.74, 6) is -1.54. The van der Waals surface area contributed by atoms with E-state index in [1.165, 1.54) is 0 Å². The van der Waals surface area contributed by atoms with Gasteiger partial charge in [-0.25, -0.2) is 17.9 Å². The molecule has 8 nitrogen and oxygen atoms in total. The highest BCUT2D eigenvalue weighted by Gasteiger charge is 2.25. The van der Waals surface area contributed by atoms with E-state index >= 15 is 0 Å². The van der Waals surface area contributed by atoms with Gasteiger partial charge in [0.1, 0.15) is 6.04 Å². The van der Waals surface area contributed by atoms with Crippen molar-refractivity contribution < 1.29 is 23.1 Å². The number of nitrogens with one attached hydrogen (secondary N) is 3. The second-order valence-electron chi connectivity index (χ2n) is 7.87. The largest absolute Gasteiger partial charge is 0.480 e. The van der Waals surface area contributed by atoms with Gasteiger partial charge in [-0.15, -0.1) is 0 Å². The monoisotopic (exact) mass is 453 g/mol. The number of fused-ring (bicyclic) bond motifs is 2. The zero-order valence-electron chi connectivity index (χ0n) is 17.3. The highest BCUT2D eigenvalue weighted by Crippen LogP contribution is 2.31. The minimum absolute atomic E-state index is 0.0183. The molecule has 0 aliphatic heterocycles. The van der Waals surface area contributed by atoms with E-state index < -0.39 is 34.0 Å². The van der Waals surface area contributed by atoms with E-state index in [4.69, 9.17) is 0 Å². The highest BCUT2D eigenvalue weighted by atomic mass is 32.2. The van der Waals surface area contributed by atoms with Gasteiger partial charge in [-0.05, 0) is 34.2 Å². The van der Waals surface area contributed by atoms with E-state index in [1.54, 1.807) is 30.4 Å². The standard InChI is InChI=1S/C23H23N3O5S/c1-32(30,31)26-20-10-9-17-14(6-4-7-18(17)20)12-22(27)25-21(23(28)29)13-16-11-15-5-2-3-8-19(15)24-16/h2-11,20-21,24,26H,12-13H2,1H3,(H,25,27)(H,28,29)/t20?,21-/m1/s1. The van der Waals surface area contributed by atoms with Gasteiger partial charge in [0.15, 0.2) is 0 Å². The Kier molecular flexibility index (Phi) is 5.86. The maximum Gasteiger partial charge on any atom is 0.326 e. The van der Waals surface area contributed by atoms with Gasteiger partial charge in [0.2, 0.25) is 15.9 Å². The normalized spacial score (nSPS) is 16.1. The van der Waals surface area contributed by atoms with Gasteiger partial charge >= 0.3 is 5.97 Å². The molecule has 0 fully saturated rings. The predicted octanol–water partition coefficient (Wildman–Crippen LogP) is 2.14. The van der Waals surface area contributed by atoms with E-state index in [-0.39, 0.29) is 12.8 Å². The minimum atomic E-state index is -3.40. The van der Waals surface area contributed by atoms with Crippen molar-refractivity contribution in [1.29, 1.82) is 0 Å². The van der Waals surface area contributed by atoms with Crippen molar-refractivity contribution in [3.8, 4) is 0 Å². The van der Waals surface area contributed by atoms with Crippen LogP contribution >= 0.6 is 0 Å². The lowest BCUT2D eigenvalue weighted by Crippen LogP contribution is -2.43. The summed E-state index contributed by atoms with van der Waals surface area (Å²) in [6.45, 7) is 0. The predicted molar refractivity (Wildman–Crippen MR) is 121 cm³/mol. The van der Waals surface area contributed by atoms with Gasteiger partial charge < -0.3 is 15.4 Å². The summed E-state index contributed by atoms with van der Waals surface area (Å²) in [6.07, 6.45) is 4.71. The number of carbonyl (C=O) groups excluding carboxylic acids is 1. The molecule has 1 aliphatic rings. The van der Waals surface area contributed by atoms with Gasteiger partial charge in [0, 0.05) is 17.6 Å². The number of hydrogen-bond donors (Lipinski definition) is 4. The average molecular weight is 454 g/mol. The first-order chi connectivity index (χ1) is 15.2. The molecule has 4 rings (SSSR count). The lowest BCUT2D eigenvalue weighted by atomic mass is 9.99. The van der Waals surface area contributed by atoms with E-state index in [2.05, 4.69) is 15.0 Å². The fraction of sp³-hybridized carbons (Fsp3) is 0.217. The van der Waals surface area contributed by atoms with Crippen LogP contribution in [0, 0.1) is 0 Å². The van der Waals surface area contributed by atoms with Crippen molar-refractivity contribution in [2.45, 2.75) is 24.9 Å². The van der Waals surface area contributed by atoms with Crippen molar-refractivity contribution in [2.75, 3.05) is 6.26 Å². The molecule has 1 amide bonds. The lowest BCUT2D eigenvalue weighted by Gasteiger charge is -2.16. The Morgan fingerprint density at radius 2 is 1.94 bits per heavy atom. The Labute approximate surface area is 185 Å². The van der Waals surface area contributed by atoms with Crippen LogP contribution in [-0.2, 0) is 32.5 Å². The molecule has 3 aromatic rings. The maximum absolute atomic E-state index is 12.7. The van der Waals surface area contributed by atoms with E-state index in [9.17, 15) is 23.1 Å². The summed E-state index contributed by atoms with van der Waals surface area (Å²) in [6, 6.07) is 13.3. The van der Waals surface area contributed by atoms with Crippen LogP contribution in [0.4, 0.5) is 0 Å². The summed E-state index contributed by atoms with van der Waals surface area (Å²) in [4.78, 5) is 27.6. The number of rotatable bonds is 8. The van der Waals surface area contributed by atoms with Gasteiger partial charge in [0.05, 0.1) is 18.7 Å². The van der Waals surface area contributed by atoms with Crippen molar-refractivity contribution in [3.63, 3.8) is 0 Å². The molecular formula is C23H23N3O5S. The summed E-state index contributed by atoms with van der Waals surface area (Å²) in [5.41, 5.74) is 3.85. The molecule has 1 heterocycles. The molecular weight excluding hydrogens is 430 g/mol. The SMILES string of the molecule is CS(=O)(=O)NC1C=Cc2c(CC(=O)N[C@H](Cc3cc4ccccc4[nH]3)C(=O)O)cccc21. The average Bonchev–Trinajstić information content (AvgIpc) is 3.30. The first-order valence-corrected chi connectivity index (χ1v) is 11.9. The van der Waals surface area contributed by atoms with Gasteiger partial charge in [-0.2, -0.15) is 0 Å². The number of amides is 1. The molecule has 0 saturated heterocycles. The number of carboxylic acid groups (broad SMARTS) is 1. The summed E-state index contributed by atoms with van der Waals surface area (Å²) >= 11 is 0. The van der Waals surface area contributed by atoms with E-state index in [0.717, 1.165) is 34.0 Å². The number of sulfonamides is 1. The summed E-state index contributed by atoms with van der Waals surface area (Å²) in [7, 11) is -3.40. The molecule has 2 aromatic carbocycles. The molecule has 1 aromatic heterocycles. The second kappa shape index (κ2) is 8.60. The number of carboxylic acids is 1. The first-order valence-electron chi connectivity index (χ1n) is 10.1. The smallest absolute Gasteiger partial charge is 0.326 e. The number of para-hydroxylation sites is 1. The second-order valence-corrected chi connectivity index (χ2v) is 9.65. The quantitative estimate of drug-likeness (QED) is 0.415. The molecule has 2 atom stereocenters. The molecule has 9 heteroatoms. The molecule has 0 spiro atoms. The number of aromatic amines is 1. The zero-order valence-corrected chi connectivity index (χ0v) is 18.1. The number of aliphatic carboxylic acids is 1. The molecule has 1 aliphatic carbocycles. The molecule has 1 unspecified atom stereocenters. The van der Waals surface area contributed by atoms with Crippen LogP contribution in [0.3, 0.4) is 0 Å². The fourth-order valence-electron chi connectivity index (χ4n) is 3.97. The zero-order chi connectivity index (χ0) is 22.9. The molecule has 0 radical (unpaired) electrons. The van der Waals surface area contributed by atoms with Gasteiger partial charge in [0.25, 0.3) is 0 Å². The van der Waals surface area contributed by atoms with Crippen LogP contribution in [0.25, 0.3) is 17.0 Å². The number of H-pyrrole nitrogens is 1. The third kappa shape index (κ3) is 4.90. The molecule has 166 valence electrons. The van der Waals surface area contributed by atoms with Crippen LogP contribution < -0.4 is 10.0 Å². The Morgan fingerprint density at radius 3 is 2.66 bits per heavy atom. The number of hydrogen-bond acceptors (Lipinski definition) is 4. The lowest BCUT2D eigenvalue weighted by molar-refractivity contribution is -0.141. The summed E-state index contributed by atoms with van der Waals surface area (Å²) in [5, 5.41) is 13.2. The van der Waals surface area contributed by atoms with Crippen molar-refractivity contribution in [2.24, 2.45) is 0 Å². The van der Waals surface area contributed by atoms with Gasteiger partial charge in [-0.1, -0.05) is 48.6 Å². The third-order valence-electron chi connectivity index (χ3n) is 5.36. The maximum atomic E-state index is 12.7. The van der Waals surface area contributed by atoms with Gasteiger partial charge in [-0.3, -0.25) is 4.79 Å². The minimum Gasteiger partial charge on any atom is -0.480 e. The summed E-state index contributed by atoms with van der Waals surface area (Å²) < 4.78 is 25.7. The molecule has 0 bridgehead atoms. The highest BCUT2D eigenvalue weighted by molar-refractivity contribution is 7.88. The Bertz CT molecular complexity index is 1290. The van der Waals surface area contributed by atoms with Crippen molar-refractivity contribution in [3.05, 3.63) is 77.0 Å². The molecule has 0 saturated carbocycles. The van der Waals surface area contributed by atoms with Crippen LogP contribution in [0.1, 0.15) is 28.4 Å². The van der Waals surface area contributed by atoms with Crippen LogP contribution in [-0.4, -0.2) is 42.7 Å². The number of benzene rings is 2. The van der Waals surface area contributed by atoms with Crippen LogP contribution in [0.2, 0.25) is 0 Å². The topological polar surface area (TPSA) is 128 Å². The third-order valence-corrected chi connectivity index (χ3v) is 6.04. The Balaban J connectivity index is 1.46. The molecule has 4 N–H and O–H groups in total. The molecule has 32 heavy (non-hydrogen) atoms. The first kappa shape index (κ1) is 21.8. The number of carbonyl (C=O) groups is 2. The van der Waals surface area contributed by atoms with E-state index in [1.807, 2.05) is 30.3 Å².